The summed E-state index contributed by atoms with van der Waals surface area (Å²) < 4.78 is 29.2. The lowest BCUT2D eigenvalue weighted by Crippen LogP contribution is -2.46. The molecule has 2 aromatic carbocycles. The van der Waals surface area contributed by atoms with E-state index in [9.17, 15) is 9.59 Å². The number of aromatic nitrogens is 3. The highest BCUT2D eigenvalue weighted by Gasteiger charge is 2.25. The number of methoxy groups -OCH3 is 1. The summed E-state index contributed by atoms with van der Waals surface area (Å²) in [6.07, 6.45) is 6.06. The van der Waals surface area contributed by atoms with Gasteiger partial charge in [-0.2, -0.15) is 0 Å². The van der Waals surface area contributed by atoms with E-state index >= 15 is 4.39 Å². The zero-order valence-corrected chi connectivity index (χ0v) is 25.6. The van der Waals surface area contributed by atoms with Crippen LogP contribution in [0.2, 0.25) is 5.02 Å². The molecule has 43 heavy (non-hydrogen) atoms. The summed E-state index contributed by atoms with van der Waals surface area (Å²) in [5, 5.41) is 3.30. The Labute approximate surface area is 254 Å². The molecule has 1 aliphatic rings. The van der Waals surface area contributed by atoms with Gasteiger partial charge >= 0.3 is 11.8 Å². The average Bonchev–Trinajstić information content (AvgIpc) is 3.29. The molecule has 0 spiro atoms. The van der Waals surface area contributed by atoms with E-state index < -0.39 is 17.5 Å². The van der Waals surface area contributed by atoms with Crippen molar-refractivity contribution in [3.05, 3.63) is 82.4 Å². The molecule has 1 amide bonds. The molecule has 0 unspecified atom stereocenters. The van der Waals surface area contributed by atoms with E-state index in [2.05, 4.69) is 15.2 Å². The predicted octanol–water partition coefficient (Wildman–Crippen LogP) is 6.20. The van der Waals surface area contributed by atoms with Crippen LogP contribution in [0, 0.1) is 5.82 Å². The first-order valence-electron chi connectivity index (χ1n) is 14.1. The molecule has 0 aliphatic carbocycles. The molecule has 9 nitrogen and oxygen atoms in total. The van der Waals surface area contributed by atoms with Crippen LogP contribution in [0.3, 0.4) is 0 Å². The fourth-order valence-electron chi connectivity index (χ4n) is 5.25. The Morgan fingerprint density at radius 3 is 2.30 bits per heavy atom. The van der Waals surface area contributed by atoms with Gasteiger partial charge in [-0.25, -0.2) is 19.0 Å². The molecular weight excluding hydrogens is 573 g/mol. The van der Waals surface area contributed by atoms with Gasteiger partial charge < -0.3 is 24.3 Å². The van der Waals surface area contributed by atoms with Gasteiger partial charge in [0.25, 0.3) is 0 Å². The van der Waals surface area contributed by atoms with E-state index in [-0.39, 0.29) is 11.7 Å². The van der Waals surface area contributed by atoms with E-state index in [1.54, 1.807) is 50.9 Å². The van der Waals surface area contributed by atoms with E-state index in [0.717, 1.165) is 24.2 Å². The van der Waals surface area contributed by atoms with Crippen molar-refractivity contribution in [2.45, 2.75) is 45.3 Å². The van der Waals surface area contributed by atoms with Crippen LogP contribution in [0.4, 0.5) is 15.0 Å². The normalized spacial score (nSPS) is 14.1. The zero-order chi connectivity index (χ0) is 30.9. The number of carbonyl (C=O) groups is 1. The molecule has 4 aromatic rings. The van der Waals surface area contributed by atoms with Gasteiger partial charge in [-0.1, -0.05) is 17.7 Å². The fourth-order valence-corrected chi connectivity index (χ4v) is 5.52. The van der Waals surface area contributed by atoms with Crippen molar-refractivity contribution in [2.75, 3.05) is 25.1 Å². The molecule has 1 fully saturated rings. The maximum absolute atomic E-state index is 15.1. The highest BCUT2D eigenvalue weighted by molar-refractivity contribution is 6.32. The van der Waals surface area contributed by atoms with Crippen molar-refractivity contribution in [3.63, 3.8) is 0 Å². The lowest BCUT2D eigenvalue weighted by atomic mass is 9.96. The molecule has 1 aliphatic heterocycles. The molecule has 226 valence electrons. The minimum Gasteiger partial charge on any atom is -0.495 e. The molecular formula is C32H35ClFN5O4. The molecule has 0 atom stereocenters. The van der Waals surface area contributed by atoms with E-state index in [1.807, 2.05) is 32.9 Å². The molecule has 1 saturated heterocycles. The number of aryl methyl sites for hydroxylation is 1. The highest BCUT2D eigenvalue weighted by atomic mass is 35.5. The quantitative estimate of drug-likeness (QED) is 0.281. The van der Waals surface area contributed by atoms with Gasteiger partial charge in [-0.15, -0.1) is 0 Å². The summed E-state index contributed by atoms with van der Waals surface area (Å²) in [6.45, 7) is 6.90. The monoisotopic (exact) mass is 607 g/mol. The van der Waals surface area contributed by atoms with Crippen LogP contribution in [-0.2, 0) is 11.8 Å². The Hall–Kier alpha value is -4.31. The zero-order valence-electron chi connectivity index (χ0n) is 24.9. The number of ether oxygens (including phenoxy) is 2. The molecule has 0 bridgehead atoms. The van der Waals surface area contributed by atoms with Gasteiger partial charge in [-0.05, 0) is 81.1 Å². The third-order valence-electron chi connectivity index (χ3n) is 7.32. The van der Waals surface area contributed by atoms with Gasteiger partial charge in [0.15, 0.2) is 0 Å². The van der Waals surface area contributed by atoms with Gasteiger partial charge in [-0.3, -0.25) is 4.57 Å². The summed E-state index contributed by atoms with van der Waals surface area (Å²) in [4.78, 5) is 31.3. The highest BCUT2D eigenvalue weighted by Crippen LogP contribution is 2.41. The van der Waals surface area contributed by atoms with Gasteiger partial charge in [0.1, 0.15) is 23.0 Å². The Morgan fingerprint density at radius 2 is 1.72 bits per heavy atom. The minimum atomic E-state index is -0.550. The lowest BCUT2D eigenvalue weighted by molar-refractivity contribution is 0.0497. The first-order chi connectivity index (χ1) is 20.4. The molecule has 5 rings (SSSR count). The summed E-state index contributed by atoms with van der Waals surface area (Å²) >= 11 is 6.61. The van der Waals surface area contributed by atoms with E-state index in [1.165, 1.54) is 21.3 Å². The van der Waals surface area contributed by atoms with Gasteiger partial charge in [0.05, 0.1) is 17.8 Å². The number of anilines is 1. The Morgan fingerprint density at radius 1 is 1.05 bits per heavy atom. The van der Waals surface area contributed by atoms with Crippen LogP contribution < -0.4 is 20.6 Å². The minimum absolute atomic E-state index is 0.0129. The smallest absolute Gasteiger partial charge is 0.407 e. The van der Waals surface area contributed by atoms with Crippen LogP contribution >= 0.6 is 11.6 Å². The standard InChI is InChI=1S/C32H35ClFN5O4/c1-32(2,3)43-30(40)36-23-9-12-38(13-10-23)28-17-21(8-11-35-28)25-19-22(34)18-24(29(25)42-5)20-6-7-27(26(33)16-20)39-15-14-37(4)31(39)41/h6-8,11,14-19,23H,9-10,12-13H2,1-5H3,(H,36,40). The number of hydrogen-bond donors (Lipinski definition) is 1. The molecule has 1 N–H and O–H groups in total. The number of benzene rings is 2. The number of halogens is 2. The Bertz CT molecular complexity index is 1700. The maximum Gasteiger partial charge on any atom is 0.407 e. The largest absolute Gasteiger partial charge is 0.495 e. The number of amides is 1. The Balaban J connectivity index is 1.39. The number of nitrogens with zero attached hydrogens (tertiary/aromatic N) is 4. The number of carbonyl (C=O) groups excluding carboxylic acids is 1. The second-order valence-electron chi connectivity index (χ2n) is 11.6. The number of rotatable bonds is 6. The number of imidazole rings is 1. The van der Waals surface area contributed by atoms with Crippen molar-refractivity contribution in [3.8, 4) is 33.7 Å². The summed E-state index contributed by atoms with van der Waals surface area (Å²) in [5.74, 6) is 0.805. The fraction of sp³-hybridized carbons (Fsp3) is 0.344. The summed E-state index contributed by atoms with van der Waals surface area (Å²) in [6, 6.07) is 11.8. The number of nitrogens with one attached hydrogen (secondary N) is 1. The van der Waals surface area contributed by atoms with Crippen LogP contribution in [-0.4, -0.2) is 52.1 Å². The molecule has 2 aromatic heterocycles. The number of pyridine rings is 1. The van der Waals surface area contributed by atoms with Crippen molar-refractivity contribution < 1.29 is 18.7 Å². The third kappa shape index (κ3) is 6.69. The van der Waals surface area contributed by atoms with Crippen molar-refractivity contribution in [1.29, 1.82) is 0 Å². The molecule has 11 heteroatoms. The van der Waals surface area contributed by atoms with Crippen LogP contribution in [0.25, 0.3) is 27.9 Å². The SMILES string of the molecule is COc1c(-c2ccnc(N3CCC(NC(=O)OC(C)(C)C)CC3)c2)cc(F)cc1-c1ccc(-n2ccn(C)c2=O)c(Cl)c1. The average molecular weight is 608 g/mol. The van der Waals surface area contributed by atoms with E-state index in [0.29, 0.717) is 46.2 Å². The number of piperidine rings is 1. The number of alkyl carbamates (subject to hydrolysis) is 1. The molecule has 0 radical (unpaired) electrons. The van der Waals surface area contributed by atoms with Crippen molar-refractivity contribution >= 4 is 23.5 Å². The van der Waals surface area contributed by atoms with Crippen molar-refractivity contribution in [1.82, 2.24) is 19.4 Å². The third-order valence-corrected chi connectivity index (χ3v) is 7.62. The van der Waals surface area contributed by atoms with Crippen molar-refractivity contribution in [2.24, 2.45) is 7.05 Å². The maximum atomic E-state index is 15.1. The first-order valence-corrected chi connectivity index (χ1v) is 14.4. The number of hydrogen-bond acceptors (Lipinski definition) is 6. The topological polar surface area (TPSA) is 90.6 Å². The van der Waals surface area contributed by atoms with E-state index in [4.69, 9.17) is 21.1 Å². The van der Waals surface area contributed by atoms with Gasteiger partial charge in [0, 0.05) is 55.9 Å². The summed E-state index contributed by atoms with van der Waals surface area (Å²) in [5.41, 5.74) is 2.24. The van der Waals surface area contributed by atoms with Crippen LogP contribution in [0.5, 0.6) is 5.75 Å². The first kappa shape index (κ1) is 30.2. The second-order valence-corrected chi connectivity index (χ2v) is 12.0. The molecule has 0 saturated carbocycles. The second kappa shape index (κ2) is 12.1. The summed E-state index contributed by atoms with van der Waals surface area (Å²) in [7, 11) is 3.21. The van der Waals surface area contributed by atoms with Gasteiger partial charge in [0.2, 0.25) is 0 Å². The van der Waals surface area contributed by atoms with Crippen LogP contribution in [0.1, 0.15) is 33.6 Å². The Kier molecular flexibility index (Phi) is 8.50. The van der Waals surface area contributed by atoms with Crippen LogP contribution in [0.15, 0.2) is 65.8 Å². The lowest BCUT2D eigenvalue weighted by Gasteiger charge is -2.33. The predicted molar refractivity (Wildman–Crippen MR) is 166 cm³/mol. The molecule has 3 heterocycles.